The molecule has 5 heteroatoms. The second kappa shape index (κ2) is 5.25. The number of imidazole rings is 1. The third-order valence-corrected chi connectivity index (χ3v) is 3.46. The Balaban J connectivity index is 1.86. The summed E-state index contributed by atoms with van der Waals surface area (Å²) in [6, 6.07) is 8.64. The lowest BCUT2D eigenvalue weighted by molar-refractivity contribution is 0.301. The van der Waals surface area contributed by atoms with E-state index in [-0.39, 0.29) is 12.4 Å². The first-order valence-corrected chi connectivity index (χ1v) is 6.94. The summed E-state index contributed by atoms with van der Waals surface area (Å²) in [7, 11) is 0. The lowest BCUT2D eigenvalue weighted by Crippen LogP contribution is -2.00. The number of hydrogen-bond acceptors (Lipinski definition) is 2. The lowest BCUT2D eigenvalue weighted by Gasteiger charge is -2.08. The minimum absolute atomic E-state index is 0.171. The Kier molecular flexibility index (Phi) is 3.44. The molecule has 0 aliphatic carbocycles. The molecule has 0 radical (unpaired) electrons. The second-order valence-electron chi connectivity index (χ2n) is 4.51. The Bertz CT molecular complexity index is 770. The van der Waals surface area contributed by atoms with Crippen molar-refractivity contribution in [2.75, 3.05) is 0 Å². The summed E-state index contributed by atoms with van der Waals surface area (Å²) in [6.45, 7) is 2.09. The number of aromatic nitrogens is 2. The minimum atomic E-state index is -0.286. The van der Waals surface area contributed by atoms with Crippen LogP contribution in [0.25, 0.3) is 5.65 Å². The van der Waals surface area contributed by atoms with Crippen molar-refractivity contribution >= 4 is 21.6 Å². The summed E-state index contributed by atoms with van der Waals surface area (Å²) < 4.78 is 22.0. The largest absolute Gasteiger partial charge is 0.485 e. The molecule has 0 saturated heterocycles. The van der Waals surface area contributed by atoms with Crippen LogP contribution in [0.4, 0.5) is 4.39 Å². The van der Waals surface area contributed by atoms with Crippen LogP contribution < -0.4 is 4.74 Å². The maximum absolute atomic E-state index is 13.7. The maximum Gasteiger partial charge on any atom is 0.179 e. The number of rotatable bonds is 3. The van der Waals surface area contributed by atoms with E-state index in [1.807, 2.05) is 35.9 Å². The third kappa shape index (κ3) is 2.54. The first kappa shape index (κ1) is 13.1. The Morgan fingerprint density at radius 3 is 3.00 bits per heavy atom. The molecule has 0 spiro atoms. The predicted molar refractivity (Wildman–Crippen MR) is 78.4 cm³/mol. The summed E-state index contributed by atoms with van der Waals surface area (Å²) in [5.41, 5.74) is 2.16. The van der Waals surface area contributed by atoms with Gasteiger partial charge in [-0.3, -0.25) is 0 Å². The van der Waals surface area contributed by atoms with Crippen molar-refractivity contribution in [3.63, 3.8) is 0 Å². The Morgan fingerprint density at radius 1 is 1.35 bits per heavy atom. The molecule has 0 saturated carbocycles. The smallest absolute Gasteiger partial charge is 0.179 e. The number of halogens is 2. The van der Waals surface area contributed by atoms with Crippen LogP contribution in [-0.4, -0.2) is 9.38 Å². The quantitative estimate of drug-likeness (QED) is 0.720. The SMILES string of the molecule is Cc1cn2cccc(OCc3ccc(Br)cc3F)c2n1. The van der Waals surface area contributed by atoms with Crippen molar-refractivity contribution in [1.29, 1.82) is 0 Å². The van der Waals surface area contributed by atoms with Gasteiger partial charge in [0.2, 0.25) is 0 Å². The summed E-state index contributed by atoms with van der Waals surface area (Å²) in [6.07, 6.45) is 3.82. The van der Waals surface area contributed by atoms with Gasteiger partial charge in [-0.15, -0.1) is 0 Å². The van der Waals surface area contributed by atoms with E-state index >= 15 is 0 Å². The van der Waals surface area contributed by atoms with Gasteiger partial charge in [-0.2, -0.15) is 0 Å². The fourth-order valence-corrected chi connectivity index (χ4v) is 2.35. The third-order valence-electron chi connectivity index (χ3n) is 2.97. The molecular formula is C15H12BrFN2O. The van der Waals surface area contributed by atoms with Crippen molar-refractivity contribution in [2.45, 2.75) is 13.5 Å². The number of fused-ring (bicyclic) bond motifs is 1. The van der Waals surface area contributed by atoms with E-state index in [1.54, 1.807) is 12.1 Å². The fraction of sp³-hybridized carbons (Fsp3) is 0.133. The Hall–Kier alpha value is -1.88. The van der Waals surface area contributed by atoms with Gasteiger partial charge in [0.1, 0.15) is 12.4 Å². The van der Waals surface area contributed by atoms with Crippen molar-refractivity contribution in [3.05, 3.63) is 64.3 Å². The number of ether oxygens (including phenoxy) is 1. The van der Waals surface area contributed by atoms with Crippen molar-refractivity contribution < 1.29 is 9.13 Å². The molecule has 0 aliphatic rings. The lowest BCUT2D eigenvalue weighted by atomic mass is 10.2. The summed E-state index contributed by atoms with van der Waals surface area (Å²) in [5, 5.41) is 0. The molecule has 0 amide bonds. The van der Waals surface area contributed by atoms with Gasteiger partial charge < -0.3 is 9.14 Å². The van der Waals surface area contributed by atoms with Crippen LogP contribution >= 0.6 is 15.9 Å². The molecule has 1 aromatic carbocycles. The van der Waals surface area contributed by atoms with Crippen LogP contribution in [0.1, 0.15) is 11.3 Å². The van der Waals surface area contributed by atoms with Crippen LogP contribution in [0.5, 0.6) is 5.75 Å². The van der Waals surface area contributed by atoms with Gasteiger partial charge in [0.15, 0.2) is 11.4 Å². The van der Waals surface area contributed by atoms with Crippen molar-refractivity contribution in [3.8, 4) is 5.75 Å². The van der Waals surface area contributed by atoms with Crippen LogP contribution in [0.15, 0.2) is 47.2 Å². The van der Waals surface area contributed by atoms with E-state index < -0.39 is 0 Å². The van der Waals surface area contributed by atoms with Crippen molar-refractivity contribution in [2.24, 2.45) is 0 Å². The first-order chi connectivity index (χ1) is 9.63. The molecular weight excluding hydrogens is 323 g/mol. The zero-order chi connectivity index (χ0) is 14.1. The van der Waals surface area contributed by atoms with E-state index in [1.165, 1.54) is 6.07 Å². The highest BCUT2D eigenvalue weighted by Crippen LogP contribution is 2.21. The molecule has 0 bridgehead atoms. The van der Waals surface area contributed by atoms with E-state index in [0.717, 1.165) is 11.3 Å². The van der Waals surface area contributed by atoms with Crippen molar-refractivity contribution in [1.82, 2.24) is 9.38 Å². The normalized spacial score (nSPS) is 10.9. The molecule has 3 nitrogen and oxygen atoms in total. The van der Waals surface area contributed by atoms with Gasteiger partial charge in [0.25, 0.3) is 0 Å². The highest BCUT2D eigenvalue weighted by atomic mass is 79.9. The van der Waals surface area contributed by atoms with Gasteiger partial charge >= 0.3 is 0 Å². The molecule has 0 aliphatic heterocycles. The summed E-state index contributed by atoms with van der Waals surface area (Å²) in [5.74, 6) is 0.355. The highest BCUT2D eigenvalue weighted by Gasteiger charge is 2.08. The average molecular weight is 335 g/mol. The van der Waals surface area contributed by atoms with Gasteiger partial charge in [0.05, 0.1) is 5.69 Å². The molecule has 3 aromatic rings. The minimum Gasteiger partial charge on any atom is -0.485 e. The number of pyridine rings is 1. The van der Waals surface area contributed by atoms with E-state index in [4.69, 9.17) is 4.74 Å². The summed E-state index contributed by atoms with van der Waals surface area (Å²) >= 11 is 3.23. The molecule has 2 heterocycles. The number of nitrogens with zero attached hydrogens (tertiary/aromatic N) is 2. The molecule has 0 atom stereocenters. The zero-order valence-corrected chi connectivity index (χ0v) is 12.4. The van der Waals surface area contributed by atoms with Gasteiger partial charge in [-0.25, -0.2) is 9.37 Å². The van der Waals surface area contributed by atoms with Crippen LogP contribution in [-0.2, 0) is 6.61 Å². The van der Waals surface area contributed by atoms with Crippen LogP contribution in [0.2, 0.25) is 0 Å². The average Bonchev–Trinajstić information content (AvgIpc) is 2.78. The first-order valence-electron chi connectivity index (χ1n) is 6.14. The number of aryl methyl sites for hydroxylation is 1. The zero-order valence-electron chi connectivity index (χ0n) is 10.8. The van der Waals surface area contributed by atoms with Crippen LogP contribution in [0.3, 0.4) is 0 Å². The molecule has 102 valence electrons. The topological polar surface area (TPSA) is 26.5 Å². The monoisotopic (exact) mass is 334 g/mol. The van der Waals surface area contributed by atoms with E-state index in [9.17, 15) is 4.39 Å². The Morgan fingerprint density at radius 2 is 2.20 bits per heavy atom. The standard InChI is InChI=1S/C15H12BrFN2O/c1-10-8-19-6-2-3-14(15(19)18-10)20-9-11-4-5-12(16)7-13(11)17/h2-8H,9H2,1H3. The predicted octanol–water partition coefficient (Wildman–Crippen LogP) is 4.12. The second-order valence-corrected chi connectivity index (χ2v) is 5.43. The summed E-state index contributed by atoms with van der Waals surface area (Å²) in [4.78, 5) is 4.40. The fourth-order valence-electron chi connectivity index (χ4n) is 2.02. The Labute approximate surface area is 124 Å². The number of benzene rings is 1. The molecule has 0 fully saturated rings. The van der Waals surface area contributed by atoms with Gasteiger partial charge in [-0.1, -0.05) is 22.0 Å². The molecule has 3 rings (SSSR count). The molecule has 20 heavy (non-hydrogen) atoms. The molecule has 0 unspecified atom stereocenters. The van der Waals surface area contributed by atoms with Gasteiger partial charge in [-0.05, 0) is 31.2 Å². The molecule has 0 N–H and O–H groups in total. The van der Waals surface area contributed by atoms with Crippen LogP contribution in [0, 0.1) is 12.7 Å². The van der Waals surface area contributed by atoms with E-state index in [2.05, 4.69) is 20.9 Å². The highest BCUT2D eigenvalue weighted by molar-refractivity contribution is 9.10. The van der Waals surface area contributed by atoms with Gasteiger partial charge in [0, 0.05) is 22.4 Å². The molecule has 2 aromatic heterocycles. The number of hydrogen-bond donors (Lipinski definition) is 0. The maximum atomic E-state index is 13.7. The van der Waals surface area contributed by atoms with E-state index in [0.29, 0.717) is 15.8 Å².